The van der Waals surface area contributed by atoms with Gasteiger partial charge in [-0.15, -0.1) is 0 Å². The number of hydrogen-bond acceptors (Lipinski definition) is 3. The van der Waals surface area contributed by atoms with Crippen molar-refractivity contribution < 1.29 is 4.39 Å². The van der Waals surface area contributed by atoms with Gasteiger partial charge in [-0.1, -0.05) is 23.5 Å². The number of imidazole rings is 1. The lowest BCUT2D eigenvalue weighted by Crippen LogP contribution is -1.84. The van der Waals surface area contributed by atoms with E-state index in [1.165, 1.54) is 17.4 Å². The Hall–Kier alpha value is -1.75. The molecule has 0 aliphatic carbocycles. The third-order valence-corrected chi connectivity index (χ3v) is 3.45. The summed E-state index contributed by atoms with van der Waals surface area (Å²) in [5.41, 5.74) is 2.18. The monoisotopic (exact) mass is 247 g/mol. The minimum Gasteiger partial charge on any atom is -0.217 e. The molecule has 0 spiro atoms. The second-order valence-corrected chi connectivity index (χ2v) is 5.10. The molecule has 5 heteroatoms. The van der Waals surface area contributed by atoms with E-state index in [0.29, 0.717) is 5.56 Å². The van der Waals surface area contributed by atoms with Crippen LogP contribution in [0.25, 0.3) is 16.2 Å². The summed E-state index contributed by atoms with van der Waals surface area (Å²) in [5.74, 6) is -0.206. The van der Waals surface area contributed by atoms with Gasteiger partial charge >= 0.3 is 0 Å². The Morgan fingerprint density at radius 1 is 1.29 bits per heavy atom. The van der Waals surface area contributed by atoms with Crippen LogP contribution in [0.1, 0.15) is 10.6 Å². The van der Waals surface area contributed by atoms with E-state index in [-0.39, 0.29) is 5.82 Å². The van der Waals surface area contributed by atoms with Gasteiger partial charge in [0.2, 0.25) is 4.96 Å². The summed E-state index contributed by atoms with van der Waals surface area (Å²) in [6, 6.07) is 5.14. The zero-order valence-electron chi connectivity index (χ0n) is 9.44. The summed E-state index contributed by atoms with van der Waals surface area (Å²) in [4.78, 5) is 5.26. The summed E-state index contributed by atoms with van der Waals surface area (Å²) in [6.45, 7) is 3.68. The fourth-order valence-corrected chi connectivity index (χ4v) is 2.41. The highest BCUT2D eigenvalue weighted by molar-refractivity contribution is 7.16. The second-order valence-electron chi connectivity index (χ2n) is 3.94. The molecule has 0 atom stereocenters. The van der Waals surface area contributed by atoms with Crippen molar-refractivity contribution >= 4 is 16.3 Å². The van der Waals surface area contributed by atoms with Crippen molar-refractivity contribution in [3.05, 3.63) is 40.8 Å². The number of rotatable bonds is 1. The van der Waals surface area contributed by atoms with Gasteiger partial charge in [-0.2, -0.15) is 5.10 Å². The molecule has 2 heterocycles. The van der Waals surface area contributed by atoms with Crippen LogP contribution >= 0.6 is 11.3 Å². The van der Waals surface area contributed by atoms with Crippen LogP contribution in [-0.2, 0) is 0 Å². The average Bonchev–Trinajstić information content (AvgIpc) is 2.79. The average molecular weight is 247 g/mol. The predicted octanol–water partition coefficient (Wildman–Crippen LogP) is 3.21. The van der Waals surface area contributed by atoms with Crippen molar-refractivity contribution in [1.29, 1.82) is 0 Å². The van der Waals surface area contributed by atoms with Crippen LogP contribution in [0.15, 0.2) is 24.4 Å². The maximum absolute atomic E-state index is 13.5. The van der Waals surface area contributed by atoms with Crippen molar-refractivity contribution in [1.82, 2.24) is 14.6 Å². The molecule has 3 rings (SSSR count). The Bertz CT molecular complexity index is 667. The number of aryl methyl sites for hydroxylation is 2. The molecule has 1 aromatic carbocycles. The SMILES string of the molecule is Cc1nn2cc(-c3ccc(C)c(F)c3)nc2s1. The van der Waals surface area contributed by atoms with Crippen molar-refractivity contribution in [3.8, 4) is 11.3 Å². The third kappa shape index (κ3) is 1.72. The molecule has 0 aliphatic heterocycles. The maximum Gasteiger partial charge on any atom is 0.212 e. The zero-order chi connectivity index (χ0) is 12.0. The Morgan fingerprint density at radius 3 is 2.82 bits per heavy atom. The minimum absolute atomic E-state index is 0.206. The number of benzene rings is 1. The Kier molecular flexibility index (Phi) is 2.22. The quantitative estimate of drug-likeness (QED) is 0.661. The maximum atomic E-state index is 13.5. The Balaban J connectivity index is 2.13. The standard InChI is InChI=1S/C12H10FN3S/c1-7-3-4-9(5-10(7)13)11-6-16-12(14-11)17-8(2)15-16/h3-6H,1-2H3. The summed E-state index contributed by atoms with van der Waals surface area (Å²) in [5, 5.41) is 5.25. The van der Waals surface area contributed by atoms with Crippen molar-refractivity contribution in [2.24, 2.45) is 0 Å². The van der Waals surface area contributed by atoms with E-state index in [0.717, 1.165) is 21.2 Å². The van der Waals surface area contributed by atoms with Crippen LogP contribution in [0.4, 0.5) is 4.39 Å². The summed E-state index contributed by atoms with van der Waals surface area (Å²) >= 11 is 1.52. The van der Waals surface area contributed by atoms with Crippen LogP contribution < -0.4 is 0 Å². The molecular weight excluding hydrogens is 237 g/mol. The Labute approximate surface area is 102 Å². The van der Waals surface area contributed by atoms with E-state index in [1.54, 1.807) is 17.5 Å². The van der Waals surface area contributed by atoms with Gasteiger partial charge in [0.15, 0.2) is 0 Å². The molecule has 17 heavy (non-hydrogen) atoms. The summed E-state index contributed by atoms with van der Waals surface area (Å²) in [6.07, 6.45) is 1.82. The van der Waals surface area contributed by atoms with Gasteiger partial charge in [-0.05, 0) is 25.5 Å². The topological polar surface area (TPSA) is 30.2 Å². The van der Waals surface area contributed by atoms with Gasteiger partial charge in [0, 0.05) is 5.56 Å². The lowest BCUT2D eigenvalue weighted by molar-refractivity contribution is 0.619. The van der Waals surface area contributed by atoms with Gasteiger partial charge in [0.1, 0.15) is 10.8 Å². The van der Waals surface area contributed by atoms with Crippen LogP contribution in [0, 0.1) is 19.7 Å². The molecule has 0 fully saturated rings. The molecule has 0 amide bonds. The molecule has 86 valence electrons. The first-order valence-electron chi connectivity index (χ1n) is 5.23. The first-order valence-corrected chi connectivity index (χ1v) is 6.04. The van der Waals surface area contributed by atoms with Crippen molar-refractivity contribution in [2.45, 2.75) is 13.8 Å². The summed E-state index contributed by atoms with van der Waals surface area (Å²) in [7, 11) is 0. The lowest BCUT2D eigenvalue weighted by Gasteiger charge is -1.99. The van der Waals surface area contributed by atoms with Gasteiger partial charge in [0.05, 0.1) is 11.9 Å². The van der Waals surface area contributed by atoms with Gasteiger partial charge < -0.3 is 0 Å². The van der Waals surface area contributed by atoms with E-state index in [9.17, 15) is 4.39 Å². The lowest BCUT2D eigenvalue weighted by atomic mass is 10.1. The normalized spacial score (nSPS) is 11.2. The van der Waals surface area contributed by atoms with Gasteiger partial charge in [-0.25, -0.2) is 13.9 Å². The molecule has 0 radical (unpaired) electrons. The molecule has 2 aromatic heterocycles. The van der Waals surface area contributed by atoms with E-state index in [2.05, 4.69) is 10.1 Å². The molecule has 0 saturated carbocycles. The molecule has 0 unspecified atom stereocenters. The first kappa shape index (κ1) is 10.4. The zero-order valence-corrected chi connectivity index (χ0v) is 10.3. The van der Waals surface area contributed by atoms with Crippen LogP contribution in [-0.4, -0.2) is 14.6 Å². The van der Waals surface area contributed by atoms with Gasteiger partial charge in [-0.3, -0.25) is 0 Å². The van der Waals surface area contributed by atoms with E-state index >= 15 is 0 Å². The first-order chi connectivity index (χ1) is 8.13. The number of hydrogen-bond donors (Lipinski definition) is 0. The number of aromatic nitrogens is 3. The van der Waals surface area contributed by atoms with Crippen molar-refractivity contribution in [2.75, 3.05) is 0 Å². The molecule has 0 N–H and O–H groups in total. The molecular formula is C12H10FN3S. The predicted molar refractivity (Wildman–Crippen MR) is 65.7 cm³/mol. The molecule has 0 saturated heterocycles. The highest BCUT2D eigenvalue weighted by Crippen LogP contribution is 2.23. The minimum atomic E-state index is -0.206. The number of nitrogens with zero attached hydrogens (tertiary/aromatic N) is 3. The fraction of sp³-hybridized carbons (Fsp3) is 0.167. The van der Waals surface area contributed by atoms with Crippen LogP contribution in [0.5, 0.6) is 0 Å². The summed E-state index contributed by atoms with van der Waals surface area (Å²) < 4.78 is 15.2. The molecule has 3 aromatic rings. The number of fused-ring (bicyclic) bond motifs is 1. The van der Waals surface area contributed by atoms with Gasteiger partial charge in [0.25, 0.3) is 0 Å². The molecule has 3 nitrogen and oxygen atoms in total. The van der Waals surface area contributed by atoms with E-state index in [1.807, 2.05) is 19.2 Å². The third-order valence-electron chi connectivity index (χ3n) is 2.61. The smallest absolute Gasteiger partial charge is 0.212 e. The highest BCUT2D eigenvalue weighted by atomic mass is 32.1. The fourth-order valence-electron chi connectivity index (χ4n) is 1.69. The second kappa shape index (κ2) is 3.63. The van der Waals surface area contributed by atoms with E-state index < -0.39 is 0 Å². The van der Waals surface area contributed by atoms with Crippen LogP contribution in [0.3, 0.4) is 0 Å². The van der Waals surface area contributed by atoms with Crippen molar-refractivity contribution in [3.63, 3.8) is 0 Å². The van der Waals surface area contributed by atoms with E-state index in [4.69, 9.17) is 0 Å². The highest BCUT2D eigenvalue weighted by Gasteiger charge is 2.09. The Morgan fingerprint density at radius 2 is 2.12 bits per heavy atom. The molecule has 0 aliphatic rings. The molecule has 0 bridgehead atoms. The van der Waals surface area contributed by atoms with Crippen LogP contribution in [0.2, 0.25) is 0 Å². The largest absolute Gasteiger partial charge is 0.217 e. The number of halogens is 1.